The Balaban J connectivity index is 1.55. The van der Waals surface area contributed by atoms with Gasteiger partial charge in [0.15, 0.2) is 0 Å². The van der Waals surface area contributed by atoms with Crippen LogP contribution >= 0.6 is 0 Å². The van der Waals surface area contributed by atoms with Gasteiger partial charge in [-0.1, -0.05) is 38.5 Å². The minimum absolute atomic E-state index is 0.128. The van der Waals surface area contributed by atoms with Crippen LogP contribution in [-0.2, 0) is 4.79 Å². The summed E-state index contributed by atoms with van der Waals surface area (Å²) in [4.78, 5) is 36.1. The Morgan fingerprint density at radius 1 is 1.11 bits per heavy atom. The number of fused-ring (bicyclic) bond motifs is 1. The lowest BCUT2D eigenvalue weighted by Gasteiger charge is -2.21. The number of aliphatic carboxylic acids is 1. The Hall–Kier alpha value is -2.57. The van der Waals surface area contributed by atoms with Crippen molar-refractivity contribution in [3.8, 4) is 5.75 Å². The Labute approximate surface area is 158 Å². The molecule has 1 fully saturated rings. The lowest BCUT2D eigenvalue weighted by molar-refractivity contribution is -0.137. The monoisotopic (exact) mass is 374 g/mol. The predicted octanol–water partition coefficient (Wildman–Crippen LogP) is 3.08. The molecule has 1 aromatic carbocycles. The van der Waals surface area contributed by atoms with Crippen LogP contribution in [0.4, 0.5) is 5.69 Å². The van der Waals surface area contributed by atoms with Crippen LogP contribution in [0.2, 0.25) is 0 Å². The quantitative estimate of drug-likeness (QED) is 0.411. The van der Waals surface area contributed by atoms with Gasteiger partial charge in [-0.25, -0.2) is 0 Å². The van der Waals surface area contributed by atoms with E-state index < -0.39 is 24.3 Å². The second-order valence-corrected chi connectivity index (χ2v) is 7.37. The molecule has 2 aliphatic rings. The number of carboxylic acids is 1. The molecule has 1 aliphatic carbocycles. The van der Waals surface area contributed by atoms with Crippen LogP contribution in [0.1, 0.15) is 72.1 Å². The van der Waals surface area contributed by atoms with Gasteiger partial charge in [0.05, 0.1) is 23.4 Å². The summed E-state index contributed by atoms with van der Waals surface area (Å²) < 4.78 is 5.73. The molecular weight excluding hydrogens is 348 g/mol. The van der Waals surface area contributed by atoms with E-state index in [1.807, 2.05) is 0 Å². The van der Waals surface area contributed by atoms with Gasteiger partial charge in [-0.05, 0) is 30.9 Å². The van der Waals surface area contributed by atoms with Crippen molar-refractivity contribution in [2.24, 2.45) is 5.92 Å². The number of carboxylic acid groups (broad SMARTS) is 1. The van der Waals surface area contributed by atoms with Crippen molar-refractivity contribution in [1.29, 1.82) is 0 Å². The van der Waals surface area contributed by atoms with Crippen molar-refractivity contribution in [2.45, 2.75) is 51.4 Å². The molecule has 27 heavy (non-hydrogen) atoms. The van der Waals surface area contributed by atoms with Gasteiger partial charge >= 0.3 is 5.97 Å². The third-order valence-electron chi connectivity index (χ3n) is 5.38. The van der Waals surface area contributed by atoms with E-state index in [1.54, 1.807) is 0 Å². The average molecular weight is 374 g/mol. The van der Waals surface area contributed by atoms with Crippen molar-refractivity contribution in [2.75, 3.05) is 18.9 Å². The van der Waals surface area contributed by atoms with E-state index in [1.165, 1.54) is 50.7 Å². The highest BCUT2D eigenvalue weighted by Crippen LogP contribution is 2.32. The second-order valence-electron chi connectivity index (χ2n) is 7.37. The van der Waals surface area contributed by atoms with Crippen molar-refractivity contribution >= 4 is 23.5 Å². The maximum atomic E-state index is 12.3. The van der Waals surface area contributed by atoms with Crippen LogP contribution in [0.15, 0.2) is 12.1 Å². The number of carbonyl (C=O) groups excluding carboxylic acids is 2. The standard InChI is InChI=1S/C20H26N2O5/c21-16-10-14-15(20(26)22(19(14)25)12-18(23)24)11-17(16)27-9-5-4-8-13-6-2-1-3-7-13/h10-11,13H,1-9,12,21H2,(H,23,24). The zero-order chi connectivity index (χ0) is 19.4. The number of unbranched alkanes of at least 4 members (excludes halogenated alkanes) is 1. The molecule has 0 saturated heterocycles. The summed E-state index contributed by atoms with van der Waals surface area (Å²) in [6, 6.07) is 2.85. The van der Waals surface area contributed by atoms with Gasteiger partial charge in [-0.15, -0.1) is 0 Å². The number of ether oxygens (including phenoxy) is 1. The molecule has 0 unspecified atom stereocenters. The molecule has 0 spiro atoms. The number of hydrogen-bond donors (Lipinski definition) is 2. The molecule has 1 aliphatic heterocycles. The summed E-state index contributed by atoms with van der Waals surface area (Å²) in [5.74, 6) is -1.30. The molecule has 146 valence electrons. The van der Waals surface area contributed by atoms with Crippen molar-refractivity contribution in [3.63, 3.8) is 0 Å². The Bertz CT molecular complexity index is 740. The lowest BCUT2D eigenvalue weighted by atomic mass is 9.86. The second kappa shape index (κ2) is 8.41. The number of anilines is 1. The van der Waals surface area contributed by atoms with Gasteiger partial charge in [0, 0.05) is 0 Å². The van der Waals surface area contributed by atoms with Gasteiger partial charge in [-0.2, -0.15) is 0 Å². The summed E-state index contributed by atoms with van der Waals surface area (Å²) >= 11 is 0. The molecule has 7 heteroatoms. The van der Waals surface area contributed by atoms with Gasteiger partial charge in [-0.3, -0.25) is 19.3 Å². The largest absolute Gasteiger partial charge is 0.491 e. The van der Waals surface area contributed by atoms with Crippen molar-refractivity contribution in [1.82, 2.24) is 4.90 Å². The molecule has 0 bridgehead atoms. The molecule has 0 radical (unpaired) electrons. The Morgan fingerprint density at radius 3 is 2.44 bits per heavy atom. The number of hydrogen-bond acceptors (Lipinski definition) is 5. The molecule has 0 atom stereocenters. The SMILES string of the molecule is Nc1cc2c(cc1OCCCCC1CCCCC1)C(=O)N(CC(=O)O)C2=O. The van der Waals surface area contributed by atoms with Gasteiger partial charge in [0.1, 0.15) is 12.3 Å². The van der Waals surface area contributed by atoms with Gasteiger partial charge in [0.2, 0.25) is 0 Å². The average Bonchev–Trinajstić information content (AvgIpc) is 2.86. The van der Waals surface area contributed by atoms with Crippen LogP contribution in [0.25, 0.3) is 0 Å². The van der Waals surface area contributed by atoms with Crippen LogP contribution in [-0.4, -0.2) is 40.9 Å². The van der Waals surface area contributed by atoms with E-state index in [0.29, 0.717) is 17.3 Å². The maximum Gasteiger partial charge on any atom is 0.323 e. The number of nitrogen functional groups attached to an aromatic ring is 1. The Kier molecular flexibility index (Phi) is 5.98. The molecule has 0 aromatic heterocycles. The lowest BCUT2D eigenvalue weighted by Crippen LogP contribution is -2.34. The first-order valence-corrected chi connectivity index (χ1v) is 9.61. The fourth-order valence-electron chi connectivity index (χ4n) is 3.93. The van der Waals surface area contributed by atoms with E-state index in [-0.39, 0.29) is 16.8 Å². The molecule has 7 nitrogen and oxygen atoms in total. The number of carbonyl (C=O) groups is 3. The number of amides is 2. The molecule has 3 N–H and O–H groups in total. The van der Waals surface area contributed by atoms with E-state index in [9.17, 15) is 14.4 Å². The maximum absolute atomic E-state index is 12.3. The molecule has 2 amide bonds. The molecule has 3 rings (SSSR count). The molecule has 1 saturated carbocycles. The molecule has 1 heterocycles. The summed E-state index contributed by atoms with van der Waals surface area (Å²) in [6.07, 6.45) is 9.95. The highest BCUT2D eigenvalue weighted by Gasteiger charge is 2.37. The summed E-state index contributed by atoms with van der Waals surface area (Å²) in [5.41, 5.74) is 6.51. The third-order valence-corrected chi connectivity index (χ3v) is 5.38. The van der Waals surface area contributed by atoms with Crippen LogP contribution in [0, 0.1) is 5.92 Å². The molecule has 1 aromatic rings. The highest BCUT2D eigenvalue weighted by molar-refractivity contribution is 6.22. The fraction of sp³-hybridized carbons (Fsp3) is 0.550. The fourth-order valence-corrected chi connectivity index (χ4v) is 3.93. The zero-order valence-electron chi connectivity index (χ0n) is 15.4. The van der Waals surface area contributed by atoms with Gasteiger partial charge < -0.3 is 15.6 Å². The van der Waals surface area contributed by atoms with Crippen molar-refractivity contribution < 1.29 is 24.2 Å². The van der Waals surface area contributed by atoms with E-state index in [4.69, 9.17) is 15.6 Å². The Morgan fingerprint density at radius 2 is 1.78 bits per heavy atom. The van der Waals surface area contributed by atoms with E-state index in [0.717, 1.165) is 18.8 Å². The third kappa shape index (κ3) is 4.40. The first-order valence-electron chi connectivity index (χ1n) is 9.61. The minimum Gasteiger partial charge on any atom is -0.491 e. The predicted molar refractivity (Wildman–Crippen MR) is 99.8 cm³/mol. The van der Waals surface area contributed by atoms with Crippen molar-refractivity contribution in [3.05, 3.63) is 23.3 Å². The van der Waals surface area contributed by atoms with Crippen LogP contribution in [0.5, 0.6) is 5.75 Å². The molecular formula is C20H26N2O5. The summed E-state index contributed by atoms with van der Waals surface area (Å²) in [6.45, 7) is -0.166. The first kappa shape index (κ1) is 19.2. The first-order chi connectivity index (χ1) is 13.0. The van der Waals surface area contributed by atoms with E-state index in [2.05, 4.69) is 0 Å². The van der Waals surface area contributed by atoms with E-state index >= 15 is 0 Å². The number of rotatable bonds is 8. The smallest absolute Gasteiger partial charge is 0.323 e. The number of nitrogens with two attached hydrogens (primary N) is 1. The topological polar surface area (TPSA) is 110 Å². The van der Waals surface area contributed by atoms with Gasteiger partial charge in [0.25, 0.3) is 11.8 Å². The zero-order valence-corrected chi connectivity index (χ0v) is 15.4. The number of imide groups is 1. The van der Waals surface area contributed by atoms with Crippen LogP contribution in [0.3, 0.4) is 0 Å². The normalized spacial score (nSPS) is 17.3. The summed E-state index contributed by atoms with van der Waals surface area (Å²) in [7, 11) is 0. The highest BCUT2D eigenvalue weighted by atomic mass is 16.5. The number of benzene rings is 1. The number of nitrogens with zero attached hydrogens (tertiary/aromatic N) is 1. The summed E-state index contributed by atoms with van der Waals surface area (Å²) in [5, 5.41) is 8.86. The van der Waals surface area contributed by atoms with Crippen LogP contribution < -0.4 is 10.5 Å². The minimum atomic E-state index is -1.24.